The topological polar surface area (TPSA) is 115 Å². The first kappa shape index (κ1) is 17.7. The summed E-state index contributed by atoms with van der Waals surface area (Å²) in [4.78, 5) is -0.116. The minimum Gasteiger partial charge on any atom is -0.508 e. The molecule has 4 N–H and O–H groups in total. The Labute approximate surface area is 149 Å². The Morgan fingerprint density at radius 2 is 1.85 bits per heavy atom. The van der Waals surface area contributed by atoms with Gasteiger partial charge in [0.25, 0.3) is 10.0 Å². The number of phenols is 2. The van der Waals surface area contributed by atoms with Gasteiger partial charge in [0.15, 0.2) is 0 Å². The van der Waals surface area contributed by atoms with Gasteiger partial charge in [-0.15, -0.1) is 0 Å². The number of aromatic nitrogens is 2. The number of phenolic OH excluding ortho intramolecular Hbond substituents is 2. The molecule has 1 aromatic heterocycles. The number of H-pyrrole nitrogens is 1. The van der Waals surface area contributed by atoms with Crippen LogP contribution in [0.3, 0.4) is 0 Å². The van der Waals surface area contributed by atoms with Crippen molar-refractivity contribution in [3.63, 3.8) is 0 Å². The summed E-state index contributed by atoms with van der Waals surface area (Å²) in [6.45, 7) is 1.83. The Morgan fingerprint density at radius 1 is 1.15 bits per heavy atom. The van der Waals surface area contributed by atoms with Crippen LogP contribution in [-0.4, -0.2) is 28.8 Å². The third-order valence-corrected chi connectivity index (χ3v) is 5.24. The molecule has 26 heavy (non-hydrogen) atoms. The minimum atomic E-state index is -3.97. The lowest BCUT2D eigenvalue weighted by atomic mass is 10.0. The number of aromatic amines is 1. The summed E-state index contributed by atoms with van der Waals surface area (Å²) >= 11 is 0. The van der Waals surface area contributed by atoms with Crippen molar-refractivity contribution in [2.45, 2.75) is 18.2 Å². The first-order valence-corrected chi connectivity index (χ1v) is 9.17. The van der Waals surface area contributed by atoms with Crippen LogP contribution in [0.15, 0.2) is 47.5 Å². The fourth-order valence-corrected chi connectivity index (χ4v) is 3.55. The van der Waals surface area contributed by atoms with Crippen molar-refractivity contribution in [2.24, 2.45) is 0 Å². The number of benzene rings is 2. The van der Waals surface area contributed by atoms with Gasteiger partial charge in [0.1, 0.15) is 17.3 Å². The molecule has 0 amide bonds. The van der Waals surface area contributed by atoms with Crippen LogP contribution in [0.5, 0.6) is 11.5 Å². The lowest BCUT2D eigenvalue weighted by Crippen LogP contribution is -2.13. The van der Waals surface area contributed by atoms with E-state index >= 15 is 0 Å². The standard InChI is InChI=1S/C17H16FN3O4S/c1-2-10-7-13(16(23)8-15(10)22)17-14(9-19-20-17)21-26(24,25)12-5-3-11(18)4-6-12/h3-9,21-23H,2H2,1H3,(H,19,20). The van der Waals surface area contributed by atoms with Crippen LogP contribution in [-0.2, 0) is 16.4 Å². The van der Waals surface area contributed by atoms with Crippen molar-refractivity contribution >= 4 is 15.7 Å². The van der Waals surface area contributed by atoms with Gasteiger partial charge in [-0.1, -0.05) is 6.92 Å². The fraction of sp³-hybridized carbons (Fsp3) is 0.118. The zero-order valence-corrected chi connectivity index (χ0v) is 14.5. The summed E-state index contributed by atoms with van der Waals surface area (Å²) in [6, 6.07) is 7.12. The van der Waals surface area contributed by atoms with Gasteiger partial charge in [-0.25, -0.2) is 12.8 Å². The zero-order valence-electron chi connectivity index (χ0n) is 13.7. The third kappa shape index (κ3) is 3.33. The molecular weight excluding hydrogens is 361 g/mol. The summed E-state index contributed by atoms with van der Waals surface area (Å²) in [5.41, 5.74) is 1.22. The number of aryl methyl sites for hydroxylation is 1. The molecule has 9 heteroatoms. The lowest BCUT2D eigenvalue weighted by Gasteiger charge is -2.11. The molecule has 0 aliphatic heterocycles. The summed E-state index contributed by atoms with van der Waals surface area (Å²) in [5.74, 6) is -0.832. The van der Waals surface area contributed by atoms with E-state index in [0.717, 1.165) is 24.3 Å². The quantitative estimate of drug-likeness (QED) is 0.546. The van der Waals surface area contributed by atoms with Crippen LogP contribution in [0.2, 0.25) is 0 Å². The van der Waals surface area contributed by atoms with E-state index in [4.69, 9.17) is 0 Å². The zero-order chi connectivity index (χ0) is 18.9. The Balaban J connectivity index is 2.01. The van der Waals surface area contributed by atoms with Crippen molar-refractivity contribution < 1.29 is 23.0 Å². The van der Waals surface area contributed by atoms with Crippen LogP contribution < -0.4 is 4.72 Å². The molecule has 0 spiro atoms. The van der Waals surface area contributed by atoms with Gasteiger partial charge < -0.3 is 10.2 Å². The molecule has 0 unspecified atom stereocenters. The largest absolute Gasteiger partial charge is 0.508 e. The van der Waals surface area contributed by atoms with Gasteiger partial charge in [0, 0.05) is 11.6 Å². The van der Waals surface area contributed by atoms with Crippen LogP contribution in [0.4, 0.5) is 10.1 Å². The second kappa shape index (κ2) is 6.68. The molecule has 3 rings (SSSR count). The Morgan fingerprint density at radius 3 is 2.50 bits per heavy atom. The van der Waals surface area contributed by atoms with Gasteiger partial charge in [-0.3, -0.25) is 9.82 Å². The number of nitrogens with zero attached hydrogens (tertiary/aromatic N) is 1. The Kier molecular flexibility index (Phi) is 4.56. The highest BCUT2D eigenvalue weighted by molar-refractivity contribution is 7.92. The predicted molar refractivity (Wildman–Crippen MR) is 93.9 cm³/mol. The number of aromatic hydroxyl groups is 2. The summed E-state index contributed by atoms with van der Waals surface area (Å²) in [7, 11) is -3.97. The molecule has 0 fully saturated rings. The maximum absolute atomic E-state index is 13.0. The molecular formula is C17H16FN3O4S. The number of sulfonamides is 1. The van der Waals surface area contributed by atoms with Crippen molar-refractivity contribution in [1.82, 2.24) is 10.2 Å². The molecule has 0 aliphatic rings. The van der Waals surface area contributed by atoms with Crippen LogP contribution in [0.25, 0.3) is 11.3 Å². The molecule has 0 saturated heterocycles. The van der Waals surface area contributed by atoms with Gasteiger partial charge in [0.2, 0.25) is 0 Å². The molecule has 7 nitrogen and oxygen atoms in total. The van der Waals surface area contributed by atoms with Gasteiger partial charge in [-0.05, 0) is 42.3 Å². The minimum absolute atomic E-state index is 0.0540. The number of rotatable bonds is 5. The second-order valence-corrected chi connectivity index (χ2v) is 7.25. The molecule has 2 aromatic carbocycles. The normalized spacial score (nSPS) is 11.5. The molecule has 136 valence electrons. The van der Waals surface area contributed by atoms with E-state index in [9.17, 15) is 23.0 Å². The molecule has 0 bridgehead atoms. The number of hydrogen-bond donors (Lipinski definition) is 4. The smallest absolute Gasteiger partial charge is 0.262 e. The Hall–Kier alpha value is -3.07. The first-order chi connectivity index (χ1) is 12.3. The van der Waals surface area contributed by atoms with Gasteiger partial charge in [-0.2, -0.15) is 5.10 Å². The molecule has 1 heterocycles. The van der Waals surface area contributed by atoms with Crippen molar-refractivity contribution in [2.75, 3.05) is 4.72 Å². The number of halogens is 1. The first-order valence-electron chi connectivity index (χ1n) is 7.68. The van der Waals surface area contributed by atoms with E-state index in [2.05, 4.69) is 14.9 Å². The maximum Gasteiger partial charge on any atom is 0.262 e. The molecule has 0 radical (unpaired) electrons. The average Bonchev–Trinajstić information content (AvgIpc) is 3.02. The maximum atomic E-state index is 13.0. The van der Waals surface area contributed by atoms with E-state index < -0.39 is 15.8 Å². The van der Waals surface area contributed by atoms with Crippen molar-refractivity contribution in [3.05, 3.63) is 54.0 Å². The highest BCUT2D eigenvalue weighted by Crippen LogP contribution is 2.37. The molecule has 0 saturated carbocycles. The summed E-state index contributed by atoms with van der Waals surface area (Å²) < 4.78 is 40.3. The third-order valence-electron chi connectivity index (χ3n) is 3.85. The van der Waals surface area contributed by atoms with E-state index in [-0.39, 0.29) is 33.3 Å². The molecule has 0 atom stereocenters. The summed E-state index contributed by atoms with van der Waals surface area (Å²) in [5, 5.41) is 26.4. The SMILES string of the molecule is CCc1cc(-c2[nH]ncc2NS(=O)(=O)c2ccc(F)cc2)c(O)cc1O. The predicted octanol–water partition coefficient (Wildman–Crippen LogP) is 2.99. The van der Waals surface area contributed by atoms with Crippen LogP contribution >= 0.6 is 0 Å². The van der Waals surface area contributed by atoms with Crippen molar-refractivity contribution in [1.29, 1.82) is 0 Å². The average molecular weight is 377 g/mol. The summed E-state index contributed by atoms with van der Waals surface area (Å²) in [6.07, 6.45) is 1.78. The van der Waals surface area contributed by atoms with Crippen LogP contribution in [0.1, 0.15) is 12.5 Å². The van der Waals surface area contributed by atoms with E-state index in [1.165, 1.54) is 12.3 Å². The molecule has 3 aromatic rings. The monoisotopic (exact) mass is 377 g/mol. The lowest BCUT2D eigenvalue weighted by molar-refractivity contribution is 0.447. The molecule has 0 aliphatic carbocycles. The van der Waals surface area contributed by atoms with E-state index in [0.29, 0.717) is 12.0 Å². The number of hydrogen-bond acceptors (Lipinski definition) is 5. The number of anilines is 1. The van der Waals surface area contributed by atoms with E-state index in [1.807, 2.05) is 6.92 Å². The highest BCUT2D eigenvalue weighted by atomic mass is 32.2. The van der Waals surface area contributed by atoms with Crippen molar-refractivity contribution in [3.8, 4) is 22.8 Å². The van der Waals surface area contributed by atoms with E-state index in [1.54, 1.807) is 6.07 Å². The van der Waals surface area contributed by atoms with Gasteiger partial charge >= 0.3 is 0 Å². The van der Waals surface area contributed by atoms with Crippen LogP contribution in [0, 0.1) is 5.82 Å². The Bertz CT molecular complexity index is 1050. The van der Waals surface area contributed by atoms with Gasteiger partial charge in [0.05, 0.1) is 22.5 Å². The fourth-order valence-electron chi connectivity index (χ4n) is 2.49. The highest BCUT2D eigenvalue weighted by Gasteiger charge is 2.20. The number of nitrogens with one attached hydrogen (secondary N) is 2. The second-order valence-electron chi connectivity index (χ2n) is 5.57.